The molecule has 2 bridgehead atoms. The second kappa shape index (κ2) is 10.7. The van der Waals surface area contributed by atoms with E-state index in [2.05, 4.69) is 35.1 Å². The van der Waals surface area contributed by atoms with Gasteiger partial charge in [0, 0.05) is 23.7 Å². The van der Waals surface area contributed by atoms with Crippen molar-refractivity contribution in [1.82, 2.24) is 9.97 Å². The fraction of sp³-hybridized carbons (Fsp3) is 0.519. The average Bonchev–Trinajstić information content (AvgIpc) is 3.49. The van der Waals surface area contributed by atoms with Gasteiger partial charge in [0.15, 0.2) is 0 Å². The molecular weight excluding hydrogens is 382 g/mol. The Morgan fingerprint density at radius 3 is 2.68 bits per heavy atom. The number of ether oxygens (including phenoxy) is 1. The van der Waals surface area contributed by atoms with Crippen molar-refractivity contribution in [2.75, 3.05) is 6.61 Å². The number of fused-ring (bicyclic) bond motifs is 2. The number of allylic oxidation sites excluding steroid dienone is 1. The van der Waals surface area contributed by atoms with Crippen LogP contribution in [-0.2, 0) is 24.0 Å². The first-order valence-corrected chi connectivity index (χ1v) is 12.3. The van der Waals surface area contributed by atoms with Crippen molar-refractivity contribution in [2.24, 2.45) is 4.99 Å². The lowest BCUT2D eigenvalue weighted by Gasteiger charge is -2.11. The number of H-pyrrole nitrogens is 2. The first kappa shape index (κ1) is 21.7. The second-order valence-corrected chi connectivity index (χ2v) is 8.75. The molecule has 3 heterocycles. The second-order valence-electron chi connectivity index (χ2n) is 8.75. The Labute approximate surface area is 186 Å². The molecule has 31 heavy (non-hydrogen) atoms. The molecule has 1 aliphatic carbocycles. The normalized spacial score (nSPS) is 18.2. The Balaban J connectivity index is 1.71. The third-order valence-electron chi connectivity index (χ3n) is 6.44. The van der Waals surface area contributed by atoms with E-state index >= 15 is 0 Å². The molecule has 0 amide bonds. The van der Waals surface area contributed by atoms with Crippen LogP contribution in [-0.4, -0.2) is 22.3 Å². The van der Waals surface area contributed by atoms with Gasteiger partial charge in [0.2, 0.25) is 0 Å². The van der Waals surface area contributed by atoms with Crippen LogP contribution >= 0.6 is 0 Å². The van der Waals surface area contributed by atoms with Crippen LogP contribution in [0.1, 0.15) is 93.4 Å². The van der Waals surface area contributed by atoms with Crippen LogP contribution in [0.3, 0.4) is 0 Å². The quantitative estimate of drug-likeness (QED) is 0.450. The molecule has 0 aromatic carbocycles. The molecule has 0 fully saturated rings. The summed E-state index contributed by atoms with van der Waals surface area (Å²) in [5.41, 5.74) is 8.73. The molecule has 4 heteroatoms. The summed E-state index contributed by atoms with van der Waals surface area (Å²) in [6.45, 7) is 4.96. The zero-order chi connectivity index (χ0) is 21.5. The molecule has 2 aromatic heterocycles. The third-order valence-corrected chi connectivity index (χ3v) is 6.44. The molecular formula is C27H37N3O. The maximum absolute atomic E-state index is 5.96. The monoisotopic (exact) mass is 419 g/mol. The topological polar surface area (TPSA) is 53.2 Å². The van der Waals surface area contributed by atoms with Crippen molar-refractivity contribution in [2.45, 2.75) is 84.5 Å². The summed E-state index contributed by atoms with van der Waals surface area (Å²) >= 11 is 0. The summed E-state index contributed by atoms with van der Waals surface area (Å²) in [6, 6.07) is 4.06. The Morgan fingerprint density at radius 1 is 1.06 bits per heavy atom. The average molecular weight is 420 g/mol. The first-order valence-electron chi connectivity index (χ1n) is 12.3. The molecule has 0 spiro atoms. The fourth-order valence-electron chi connectivity index (χ4n) is 4.82. The highest BCUT2D eigenvalue weighted by molar-refractivity contribution is 6.11. The summed E-state index contributed by atoms with van der Waals surface area (Å²) < 4.78 is 5.96. The fourth-order valence-corrected chi connectivity index (χ4v) is 4.82. The largest absolute Gasteiger partial charge is 0.492 e. The molecule has 4 nitrogen and oxygen atoms in total. The van der Waals surface area contributed by atoms with E-state index in [1.807, 2.05) is 19.2 Å². The summed E-state index contributed by atoms with van der Waals surface area (Å²) in [6.07, 6.45) is 20.2. The minimum Gasteiger partial charge on any atom is -0.492 e. The van der Waals surface area contributed by atoms with Gasteiger partial charge >= 0.3 is 0 Å². The van der Waals surface area contributed by atoms with Crippen LogP contribution in [0.5, 0.6) is 0 Å². The van der Waals surface area contributed by atoms with Crippen LogP contribution in [0.25, 0.3) is 6.08 Å². The maximum atomic E-state index is 5.96. The Bertz CT molecular complexity index is 944. The lowest BCUT2D eigenvalue weighted by Crippen LogP contribution is -1.99. The standard InChI is InChI=1S/C27H37N3O/c1-3-5-9-13-20-21-14-10-7-6-8-11-15-22(20)29-24(21)18-26-27(31-4-2)19-25(30-26)23-16-12-17-28-23/h12,16-19,28-29H,3-11,13-15H2,1-2H3/b26-18+. The minimum atomic E-state index is 0.641. The summed E-state index contributed by atoms with van der Waals surface area (Å²) in [4.78, 5) is 12.0. The zero-order valence-corrected chi connectivity index (χ0v) is 19.2. The van der Waals surface area contributed by atoms with E-state index in [-0.39, 0.29) is 0 Å². The number of rotatable bonds is 8. The van der Waals surface area contributed by atoms with Crippen LogP contribution in [0.2, 0.25) is 0 Å². The van der Waals surface area contributed by atoms with Gasteiger partial charge in [-0.2, -0.15) is 0 Å². The molecule has 0 saturated carbocycles. The predicted octanol–water partition coefficient (Wildman–Crippen LogP) is 6.89. The van der Waals surface area contributed by atoms with E-state index in [9.17, 15) is 0 Å². The number of hydrogen-bond acceptors (Lipinski definition) is 2. The zero-order valence-electron chi connectivity index (χ0n) is 19.2. The van der Waals surface area contributed by atoms with Gasteiger partial charge in [-0.3, -0.25) is 0 Å². The first-order chi connectivity index (χ1) is 15.3. The maximum Gasteiger partial charge on any atom is 0.147 e. The molecule has 0 unspecified atom stereocenters. The van der Waals surface area contributed by atoms with Gasteiger partial charge in [0.05, 0.1) is 18.0 Å². The van der Waals surface area contributed by atoms with Crippen molar-refractivity contribution in [3.8, 4) is 0 Å². The molecule has 2 aliphatic rings. The van der Waals surface area contributed by atoms with Crippen LogP contribution in [0.15, 0.2) is 40.9 Å². The minimum absolute atomic E-state index is 0.641. The highest BCUT2D eigenvalue weighted by atomic mass is 16.5. The van der Waals surface area contributed by atoms with E-state index in [4.69, 9.17) is 9.73 Å². The Morgan fingerprint density at radius 2 is 1.90 bits per heavy atom. The van der Waals surface area contributed by atoms with E-state index in [1.54, 1.807) is 5.56 Å². The van der Waals surface area contributed by atoms with Gasteiger partial charge in [-0.05, 0) is 74.8 Å². The van der Waals surface area contributed by atoms with E-state index in [0.717, 1.165) is 29.3 Å². The number of unbranched alkanes of at least 4 members (excludes halogenated alkanes) is 2. The summed E-state index contributed by atoms with van der Waals surface area (Å²) in [5, 5.41) is 0. The summed E-state index contributed by atoms with van der Waals surface area (Å²) in [7, 11) is 0. The van der Waals surface area contributed by atoms with Gasteiger partial charge < -0.3 is 14.7 Å². The number of hydrogen-bond donors (Lipinski definition) is 2. The number of aromatic nitrogens is 2. The van der Waals surface area contributed by atoms with E-state index in [0.29, 0.717) is 6.61 Å². The van der Waals surface area contributed by atoms with Gasteiger partial charge in [-0.1, -0.05) is 39.0 Å². The van der Waals surface area contributed by atoms with Gasteiger partial charge in [0.25, 0.3) is 0 Å². The number of aromatic amines is 2. The van der Waals surface area contributed by atoms with Gasteiger partial charge in [0.1, 0.15) is 11.5 Å². The number of aliphatic imine (C=N–C) groups is 1. The number of nitrogens with zero attached hydrogens (tertiary/aromatic N) is 1. The highest BCUT2D eigenvalue weighted by Gasteiger charge is 2.21. The molecule has 0 radical (unpaired) electrons. The SMILES string of the molecule is CCCCCc1c2[nH]c(/C=C3/N=C(c4ccc[nH]4)C=C3OCC)c1CCCCCCC2. The highest BCUT2D eigenvalue weighted by Crippen LogP contribution is 2.31. The Kier molecular flexibility index (Phi) is 7.50. The molecule has 4 rings (SSSR count). The van der Waals surface area contributed by atoms with Crippen LogP contribution in [0.4, 0.5) is 0 Å². The lowest BCUT2D eigenvalue weighted by atomic mass is 9.93. The van der Waals surface area contributed by atoms with Crippen molar-refractivity contribution < 1.29 is 4.74 Å². The van der Waals surface area contributed by atoms with Gasteiger partial charge in [-0.25, -0.2) is 4.99 Å². The van der Waals surface area contributed by atoms with Crippen molar-refractivity contribution in [3.63, 3.8) is 0 Å². The van der Waals surface area contributed by atoms with Crippen LogP contribution in [0, 0.1) is 0 Å². The molecule has 0 saturated heterocycles. The number of aryl methyl sites for hydroxylation is 1. The molecule has 2 N–H and O–H groups in total. The lowest BCUT2D eigenvalue weighted by molar-refractivity contribution is 0.239. The summed E-state index contributed by atoms with van der Waals surface area (Å²) in [5.74, 6) is 0.867. The molecule has 166 valence electrons. The van der Waals surface area contributed by atoms with Crippen molar-refractivity contribution in [1.29, 1.82) is 0 Å². The van der Waals surface area contributed by atoms with Gasteiger partial charge in [-0.15, -0.1) is 0 Å². The predicted molar refractivity (Wildman–Crippen MR) is 130 cm³/mol. The molecule has 0 atom stereocenters. The van der Waals surface area contributed by atoms with E-state index < -0.39 is 0 Å². The molecule has 1 aliphatic heterocycles. The van der Waals surface area contributed by atoms with E-state index in [1.165, 1.54) is 81.2 Å². The smallest absolute Gasteiger partial charge is 0.147 e. The number of nitrogens with one attached hydrogen (secondary N) is 2. The Hall–Kier alpha value is -2.49. The molecule has 2 aromatic rings. The third kappa shape index (κ3) is 5.23. The van der Waals surface area contributed by atoms with Crippen molar-refractivity contribution in [3.05, 3.63) is 64.1 Å². The van der Waals surface area contributed by atoms with Crippen LogP contribution < -0.4 is 0 Å². The van der Waals surface area contributed by atoms with Crippen molar-refractivity contribution >= 4 is 11.8 Å².